The molecule has 0 saturated heterocycles. The van der Waals surface area contributed by atoms with Crippen molar-refractivity contribution in [1.29, 1.82) is 0 Å². The van der Waals surface area contributed by atoms with Crippen LogP contribution in [0.3, 0.4) is 0 Å². The summed E-state index contributed by atoms with van der Waals surface area (Å²) in [5.41, 5.74) is 3.10. The molecule has 0 heterocycles. The Balaban J connectivity index is 2.38. The minimum atomic E-state index is -1.74. The Morgan fingerprint density at radius 1 is 0.826 bits per heavy atom. The van der Waals surface area contributed by atoms with Gasteiger partial charge in [0.2, 0.25) is 8.32 Å². The second-order valence-electron chi connectivity index (χ2n) is 7.10. The molecular weight excluding hydrogens is 300 g/mol. The average Bonchev–Trinajstić information content (AvgIpc) is 2.50. The Morgan fingerprint density at radius 3 is 1.87 bits per heavy atom. The summed E-state index contributed by atoms with van der Waals surface area (Å²) in [5.74, 6) is 0. The highest BCUT2D eigenvalue weighted by atomic mass is 28.4. The predicted octanol–water partition coefficient (Wildman–Crippen LogP) is 5.95. The first kappa shape index (κ1) is 20.1. The zero-order valence-corrected chi connectivity index (χ0v) is 16.7. The van der Waals surface area contributed by atoms with Gasteiger partial charge in [0.05, 0.1) is 19.8 Å². The molecule has 2 nitrogen and oxygen atoms in total. The summed E-state index contributed by atoms with van der Waals surface area (Å²) in [6, 6.07) is 10.3. The minimum Gasteiger partial charge on any atom is -0.412 e. The second kappa shape index (κ2) is 10.1. The van der Waals surface area contributed by atoms with Crippen molar-refractivity contribution in [1.82, 2.24) is 0 Å². The molecule has 0 spiro atoms. The van der Waals surface area contributed by atoms with Crippen LogP contribution in [-0.4, -0.2) is 21.5 Å². The molecular formula is C20H34O2Si. The third kappa shape index (κ3) is 5.90. The lowest BCUT2D eigenvalue weighted by Crippen LogP contribution is -2.47. The Hall–Kier alpha value is -0.903. The third-order valence-electron chi connectivity index (χ3n) is 4.63. The molecule has 130 valence electrons. The van der Waals surface area contributed by atoms with Gasteiger partial charge in [0.25, 0.3) is 0 Å². The summed E-state index contributed by atoms with van der Waals surface area (Å²) in [6.45, 7) is 15.9. The van der Waals surface area contributed by atoms with Crippen LogP contribution in [0.15, 0.2) is 42.5 Å². The summed E-state index contributed by atoms with van der Waals surface area (Å²) in [4.78, 5) is 0. The molecule has 0 fully saturated rings. The highest BCUT2D eigenvalue weighted by molar-refractivity contribution is 6.77. The van der Waals surface area contributed by atoms with E-state index in [4.69, 9.17) is 9.16 Å². The molecule has 1 aromatic rings. The van der Waals surface area contributed by atoms with Gasteiger partial charge in [-0.15, -0.1) is 0 Å². The predicted molar refractivity (Wildman–Crippen MR) is 102 cm³/mol. The van der Waals surface area contributed by atoms with Crippen LogP contribution >= 0.6 is 0 Å². The van der Waals surface area contributed by atoms with Crippen LogP contribution in [0.25, 0.3) is 0 Å². The first-order valence-corrected chi connectivity index (χ1v) is 11.0. The van der Waals surface area contributed by atoms with E-state index in [1.165, 1.54) is 5.56 Å². The minimum absolute atomic E-state index is 0.630. The first-order valence-electron chi connectivity index (χ1n) is 8.81. The maximum absolute atomic E-state index is 6.48. The van der Waals surface area contributed by atoms with Gasteiger partial charge in [-0.25, -0.2) is 0 Å². The van der Waals surface area contributed by atoms with Crippen molar-refractivity contribution >= 4 is 8.32 Å². The van der Waals surface area contributed by atoms with E-state index in [2.05, 4.69) is 65.8 Å². The summed E-state index contributed by atoms with van der Waals surface area (Å²) >= 11 is 0. The van der Waals surface area contributed by atoms with Gasteiger partial charge in [-0.3, -0.25) is 0 Å². The topological polar surface area (TPSA) is 18.5 Å². The van der Waals surface area contributed by atoms with Crippen LogP contribution in [0.1, 0.15) is 47.1 Å². The molecule has 3 heteroatoms. The van der Waals surface area contributed by atoms with Crippen molar-refractivity contribution in [2.24, 2.45) is 0 Å². The van der Waals surface area contributed by atoms with Crippen LogP contribution in [0.2, 0.25) is 16.6 Å². The molecule has 0 aliphatic carbocycles. The summed E-state index contributed by atoms with van der Waals surface area (Å²) < 4.78 is 12.1. The molecule has 0 aliphatic heterocycles. The van der Waals surface area contributed by atoms with Crippen molar-refractivity contribution in [3.05, 3.63) is 48.0 Å². The quantitative estimate of drug-likeness (QED) is 0.299. The third-order valence-corrected chi connectivity index (χ3v) is 10.7. The van der Waals surface area contributed by atoms with E-state index in [1.54, 1.807) is 0 Å². The number of benzene rings is 1. The number of hydrogen-bond acceptors (Lipinski definition) is 2. The molecule has 0 radical (unpaired) electrons. The van der Waals surface area contributed by atoms with E-state index in [9.17, 15) is 0 Å². The second-order valence-corrected chi connectivity index (χ2v) is 12.6. The van der Waals surface area contributed by atoms with E-state index < -0.39 is 8.32 Å². The van der Waals surface area contributed by atoms with Gasteiger partial charge in [-0.2, -0.15) is 0 Å². The Morgan fingerprint density at radius 2 is 1.35 bits per heavy atom. The summed E-state index contributed by atoms with van der Waals surface area (Å²) in [6.07, 6.45) is 4.18. The maximum Gasteiger partial charge on any atom is 0.200 e. The molecule has 1 rings (SSSR count). The van der Waals surface area contributed by atoms with Gasteiger partial charge in [0, 0.05) is 0 Å². The van der Waals surface area contributed by atoms with E-state index in [0.717, 1.165) is 0 Å². The maximum atomic E-state index is 6.48. The van der Waals surface area contributed by atoms with Gasteiger partial charge >= 0.3 is 0 Å². The van der Waals surface area contributed by atoms with Crippen LogP contribution in [-0.2, 0) is 15.8 Å². The fourth-order valence-electron chi connectivity index (χ4n) is 3.65. The molecule has 0 unspecified atom stereocenters. The SMILES string of the molecule is CC(C)[Si](OC/C=C\COCc1ccccc1)(C(C)C)C(C)C. The van der Waals surface area contributed by atoms with Crippen molar-refractivity contribution in [3.63, 3.8) is 0 Å². The lowest BCUT2D eigenvalue weighted by Gasteiger charge is -2.41. The first-order chi connectivity index (χ1) is 10.9. The average molecular weight is 335 g/mol. The monoisotopic (exact) mass is 334 g/mol. The Labute approximate surface area is 144 Å². The standard InChI is InChI=1S/C20H34O2Si/c1-17(2)23(18(3)4,19(5)6)22-15-11-10-14-21-16-20-12-8-7-9-13-20/h7-13,17-19H,14-16H2,1-6H3/b11-10-. The van der Waals surface area contributed by atoms with Gasteiger partial charge in [-0.1, -0.05) is 84.0 Å². The number of ether oxygens (including phenoxy) is 1. The van der Waals surface area contributed by atoms with Crippen molar-refractivity contribution in [3.8, 4) is 0 Å². The van der Waals surface area contributed by atoms with Crippen molar-refractivity contribution < 1.29 is 9.16 Å². The van der Waals surface area contributed by atoms with E-state index in [1.807, 2.05) is 18.2 Å². The van der Waals surface area contributed by atoms with Crippen molar-refractivity contribution in [2.45, 2.75) is 64.8 Å². The van der Waals surface area contributed by atoms with Gasteiger partial charge in [0.1, 0.15) is 0 Å². The molecule has 0 amide bonds. The number of hydrogen-bond donors (Lipinski definition) is 0. The lowest BCUT2D eigenvalue weighted by molar-refractivity contribution is 0.148. The van der Waals surface area contributed by atoms with Crippen LogP contribution in [0.5, 0.6) is 0 Å². The van der Waals surface area contributed by atoms with E-state index in [-0.39, 0.29) is 0 Å². The highest BCUT2D eigenvalue weighted by Crippen LogP contribution is 2.42. The molecule has 0 saturated carbocycles. The summed E-state index contributed by atoms with van der Waals surface area (Å²) in [5, 5.41) is 0. The van der Waals surface area contributed by atoms with Crippen LogP contribution in [0, 0.1) is 0 Å². The largest absolute Gasteiger partial charge is 0.412 e. The van der Waals surface area contributed by atoms with Crippen LogP contribution in [0.4, 0.5) is 0 Å². The zero-order chi connectivity index (χ0) is 17.3. The van der Waals surface area contributed by atoms with Gasteiger partial charge in [0.15, 0.2) is 0 Å². The molecule has 0 aromatic heterocycles. The van der Waals surface area contributed by atoms with Gasteiger partial charge < -0.3 is 9.16 Å². The lowest BCUT2D eigenvalue weighted by atomic mass is 10.2. The van der Waals surface area contributed by atoms with Crippen LogP contribution < -0.4 is 0 Å². The van der Waals surface area contributed by atoms with E-state index in [0.29, 0.717) is 36.4 Å². The molecule has 0 N–H and O–H groups in total. The summed E-state index contributed by atoms with van der Waals surface area (Å²) in [7, 11) is -1.74. The molecule has 0 atom stereocenters. The number of rotatable bonds is 10. The smallest absolute Gasteiger partial charge is 0.200 e. The van der Waals surface area contributed by atoms with Gasteiger partial charge in [-0.05, 0) is 22.2 Å². The molecule has 0 aliphatic rings. The molecule has 0 bridgehead atoms. The normalized spacial score (nSPS) is 12.9. The fraction of sp³-hybridized carbons (Fsp3) is 0.600. The Bertz CT molecular complexity index is 430. The molecule has 1 aromatic carbocycles. The highest BCUT2D eigenvalue weighted by Gasteiger charge is 2.44. The molecule has 23 heavy (non-hydrogen) atoms. The fourth-order valence-corrected chi connectivity index (χ4v) is 9.03. The Kier molecular flexibility index (Phi) is 8.81. The van der Waals surface area contributed by atoms with E-state index >= 15 is 0 Å². The van der Waals surface area contributed by atoms with Crippen molar-refractivity contribution in [2.75, 3.05) is 13.2 Å². The zero-order valence-electron chi connectivity index (χ0n) is 15.7.